The van der Waals surface area contributed by atoms with Crippen LogP contribution < -0.4 is 5.73 Å². The second-order valence-corrected chi connectivity index (χ2v) is 4.62. The normalized spacial score (nSPS) is 17.7. The van der Waals surface area contributed by atoms with E-state index in [2.05, 4.69) is 42.3 Å². The van der Waals surface area contributed by atoms with Crippen LogP contribution in [0.1, 0.15) is 24.8 Å². The third-order valence-electron chi connectivity index (χ3n) is 3.74. The first-order valence-electron chi connectivity index (χ1n) is 5.72. The van der Waals surface area contributed by atoms with Crippen molar-refractivity contribution < 1.29 is 0 Å². The number of hydrogen-bond donors (Lipinski definition) is 1. The van der Waals surface area contributed by atoms with Gasteiger partial charge in [0.1, 0.15) is 0 Å². The van der Waals surface area contributed by atoms with E-state index in [0.29, 0.717) is 0 Å². The molecule has 0 atom stereocenters. The summed E-state index contributed by atoms with van der Waals surface area (Å²) in [5.41, 5.74) is 7.54. The minimum atomic E-state index is 0. The molecule has 0 radical (unpaired) electrons. The van der Waals surface area contributed by atoms with Crippen molar-refractivity contribution in [2.75, 3.05) is 13.6 Å². The molecule has 2 rings (SSSR count). The summed E-state index contributed by atoms with van der Waals surface area (Å²) in [6, 6.07) is 10.6. The third-order valence-corrected chi connectivity index (χ3v) is 3.74. The summed E-state index contributed by atoms with van der Waals surface area (Å²) >= 11 is 0. The standard InChI is InChI=1S/C13H20N2.ClH/c1-15(13(11-14)8-5-9-13)10-12-6-3-2-4-7-12;/h2-4,6-7H,5,8-11,14H2,1H3;1H. The van der Waals surface area contributed by atoms with Crippen molar-refractivity contribution in [1.82, 2.24) is 4.90 Å². The largest absolute Gasteiger partial charge is 0.329 e. The molecule has 0 bridgehead atoms. The van der Waals surface area contributed by atoms with Gasteiger partial charge in [-0.15, -0.1) is 12.4 Å². The molecule has 0 unspecified atom stereocenters. The van der Waals surface area contributed by atoms with Crippen LogP contribution in [0.2, 0.25) is 0 Å². The van der Waals surface area contributed by atoms with Gasteiger partial charge in [0.05, 0.1) is 0 Å². The summed E-state index contributed by atoms with van der Waals surface area (Å²) in [5.74, 6) is 0. The van der Waals surface area contributed by atoms with Gasteiger partial charge >= 0.3 is 0 Å². The van der Waals surface area contributed by atoms with E-state index >= 15 is 0 Å². The lowest BCUT2D eigenvalue weighted by atomic mass is 9.75. The molecule has 0 saturated heterocycles. The predicted molar refractivity (Wildman–Crippen MR) is 70.8 cm³/mol. The van der Waals surface area contributed by atoms with Crippen LogP contribution in [0, 0.1) is 0 Å². The second-order valence-electron chi connectivity index (χ2n) is 4.62. The molecule has 1 fully saturated rings. The molecule has 0 spiro atoms. The lowest BCUT2D eigenvalue weighted by molar-refractivity contribution is 0.0398. The number of likely N-dealkylation sites (N-methyl/N-ethyl adjacent to an activating group) is 1. The van der Waals surface area contributed by atoms with Gasteiger partial charge < -0.3 is 5.73 Å². The maximum atomic E-state index is 5.88. The fourth-order valence-corrected chi connectivity index (χ4v) is 2.35. The fourth-order valence-electron chi connectivity index (χ4n) is 2.35. The van der Waals surface area contributed by atoms with Gasteiger partial charge in [0.15, 0.2) is 0 Å². The zero-order valence-corrected chi connectivity index (χ0v) is 10.7. The van der Waals surface area contributed by atoms with Crippen LogP contribution in [0.3, 0.4) is 0 Å². The summed E-state index contributed by atoms with van der Waals surface area (Å²) in [6.45, 7) is 1.80. The lowest BCUT2D eigenvalue weighted by Gasteiger charge is -2.48. The quantitative estimate of drug-likeness (QED) is 0.876. The van der Waals surface area contributed by atoms with Gasteiger partial charge in [-0.1, -0.05) is 30.3 Å². The first kappa shape index (κ1) is 13.5. The van der Waals surface area contributed by atoms with E-state index in [9.17, 15) is 0 Å². The van der Waals surface area contributed by atoms with Crippen molar-refractivity contribution >= 4 is 12.4 Å². The number of nitrogens with zero attached hydrogens (tertiary/aromatic N) is 1. The van der Waals surface area contributed by atoms with Crippen molar-refractivity contribution in [2.24, 2.45) is 5.73 Å². The monoisotopic (exact) mass is 240 g/mol. The molecule has 3 heteroatoms. The molecule has 1 aliphatic carbocycles. The van der Waals surface area contributed by atoms with Crippen LogP contribution in [0.5, 0.6) is 0 Å². The molecule has 0 aromatic heterocycles. The Bertz CT molecular complexity index is 303. The highest BCUT2D eigenvalue weighted by Crippen LogP contribution is 2.36. The highest BCUT2D eigenvalue weighted by molar-refractivity contribution is 5.85. The predicted octanol–water partition coefficient (Wildman–Crippen LogP) is 2.42. The summed E-state index contributed by atoms with van der Waals surface area (Å²) in [6.07, 6.45) is 3.84. The van der Waals surface area contributed by atoms with Crippen molar-refractivity contribution in [2.45, 2.75) is 31.3 Å². The summed E-state index contributed by atoms with van der Waals surface area (Å²) in [5, 5.41) is 0. The molecule has 1 aromatic carbocycles. The molecule has 1 saturated carbocycles. The Morgan fingerprint density at radius 2 is 1.88 bits per heavy atom. The first-order chi connectivity index (χ1) is 7.27. The Hall–Kier alpha value is -0.570. The Morgan fingerprint density at radius 1 is 1.25 bits per heavy atom. The SMILES string of the molecule is CN(Cc1ccccc1)C1(CN)CCC1.Cl. The van der Waals surface area contributed by atoms with Gasteiger partial charge in [0, 0.05) is 18.6 Å². The van der Waals surface area contributed by atoms with E-state index in [1.165, 1.54) is 24.8 Å². The van der Waals surface area contributed by atoms with E-state index in [-0.39, 0.29) is 17.9 Å². The molecular formula is C13H21ClN2. The van der Waals surface area contributed by atoms with E-state index in [1.54, 1.807) is 0 Å². The zero-order valence-electron chi connectivity index (χ0n) is 9.86. The fraction of sp³-hybridized carbons (Fsp3) is 0.538. The summed E-state index contributed by atoms with van der Waals surface area (Å²) < 4.78 is 0. The lowest BCUT2D eigenvalue weighted by Crippen LogP contribution is -2.56. The van der Waals surface area contributed by atoms with Crippen LogP contribution in [-0.4, -0.2) is 24.0 Å². The highest BCUT2D eigenvalue weighted by Gasteiger charge is 2.39. The minimum Gasteiger partial charge on any atom is -0.329 e. The number of halogens is 1. The van der Waals surface area contributed by atoms with E-state index in [4.69, 9.17) is 5.73 Å². The highest BCUT2D eigenvalue weighted by atomic mass is 35.5. The molecule has 90 valence electrons. The molecule has 2 N–H and O–H groups in total. The average Bonchev–Trinajstić information content (AvgIpc) is 2.18. The molecule has 0 heterocycles. The molecule has 1 aliphatic rings. The van der Waals surface area contributed by atoms with Crippen LogP contribution in [-0.2, 0) is 6.54 Å². The van der Waals surface area contributed by atoms with Gasteiger partial charge in [0.25, 0.3) is 0 Å². The van der Waals surface area contributed by atoms with Gasteiger partial charge in [-0.25, -0.2) is 0 Å². The number of rotatable bonds is 4. The number of benzene rings is 1. The summed E-state index contributed by atoms with van der Waals surface area (Å²) in [7, 11) is 2.19. The van der Waals surface area contributed by atoms with Crippen LogP contribution >= 0.6 is 12.4 Å². The molecular weight excluding hydrogens is 220 g/mol. The smallest absolute Gasteiger partial charge is 0.0332 e. The van der Waals surface area contributed by atoms with Gasteiger partial charge in [0.2, 0.25) is 0 Å². The third kappa shape index (κ3) is 2.57. The molecule has 16 heavy (non-hydrogen) atoms. The number of hydrogen-bond acceptors (Lipinski definition) is 2. The van der Waals surface area contributed by atoms with Crippen molar-refractivity contribution in [3.63, 3.8) is 0 Å². The van der Waals surface area contributed by atoms with E-state index in [0.717, 1.165) is 13.1 Å². The Morgan fingerprint density at radius 3 is 2.31 bits per heavy atom. The molecule has 0 aliphatic heterocycles. The Kier molecular flexibility index (Phi) is 4.78. The Labute approximate surface area is 104 Å². The Balaban J connectivity index is 0.00000128. The van der Waals surface area contributed by atoms with Crippen molar-refractivity contribution in [3.05, 3.63) is 35.9 Å². The first-order valence-corrected chi connectivity index (χ1v) is 5.72. The topological polar surface area (TPSA) is 29.3 Å². The van der Waals surface area contributed by atoms with Crippen molar-refractivity contribution in [1.29, 1.82) is 0 Å². The zero-order chi connectivity index (χ0) is 10.7. The number of nitrogens with two attached hydrogens (primary N) is 1. The molecule has 1 aromatic rings. The van der Waals surface area contributed by atoms with Crippen LogP contribution in [0.4, 0.5) is 0 Å². The van der Waals surface area contributed by atoms with Gasteiger partial charge in [-0.2, -0.15) is 0 Å². The van der Waals surface area contributed by atoms with E-state index < -0.39 is 0 Å². The maximum absolute atomic E-state index is 5.88. The molecule has 0 amide bonds. The summed E-state index contributed by atoms with van der Waals surface area (Å²) in [4.78, 5) is 2.42. The maximum Gasteiger partial charge on any atom is 0.0332 e. The second kappa shape index (κ2) is 5.67. The van der Waals surface area contributed by atoms with Crippen molar-refractivity contribution in [3.8, 4) is 0 Å². The average molecular weight is 241 g/mol. The van der Waals surface area contributed by atoms with Crippen LogP contribution in [0.25, 0.3) is 0 Å². The van der Waals surface area contributed by atoms with Crippen LogP contribution in [0.15, 0.2) is 30.3 Å². The van der Waals surface area contributed by atoms with E-state index in [1.807, 2.05) is 0 Å². The minimum absolute atomic E-state index is 0. The molecule has 2 nitrogen and oxygen atoms in total. The van der Waals surface area contributed by atoms with Gasteiger partial charge in [-0.3, -0.25) is 4.90 Å². The van der Waals surface area contributed by atoms with Gasteiger partial charge in [-0.05, 0) is 31.9 Å².